The molecule has 0 spiro atoms. The zero-order valence-electron chi connectivity index (χ0n) is 11.6. The van der Waals surface area contributed by atoms with Gasteiger partial charge in [0.25, 0.3) is 0 Å². The molecule has 1 aromatic heterocycles. The molecule has 3 rings (SSSR count). The fourth-order valence-electron chi connectivity index (χ4n) is 2.18. The van der Waals surface area contributed by atoms with E-state index in [4.69, 9.17) is 0 Å². The van der Waals surface area contributed by atoms with Crippen LogP contribution in [0.1, 0.15) is 19.5 Å². The number of aromatic nitrogens is 1. The molecule has 0 aliphatic heterocycles. The van der Waals surface area contributed by atoms with Crippen LogP contribution in [0.3, 0.4) is 0 Å². The van der Waals surface area contributed by atoms with Crippen molar-refractivity contribution in [1.29, 1.82) is 0 Å². The van der Waals surface area contributed by atoms with Crippen LogP contribution in [-0.4, -0.2) is 10.1 Å². The molecular weight excluding hydrogens is 234 g/mol. The van der Waals surface area contributed by atoms with Crippen LogP contribution in [0.4, 0.5) is 0 Å². The Kier molecular flexibility index (Phi) is 3.91. The van der Waals surface area contributed by atoms with Gasteiger partial charge in [0, 0.05) is 16.6 Å². The Morgan fingerprint density at radius 3 is 2.32 bits per heavy atom. The molecule has 0 radical (unpaired) electrons. The third kappa shape index (κ3) is 2.63. The van der Waals surface area contributed by atoms with Crippen LogP contribution in [0.5, 0.6) is 5.75 Å². The van der Waals surface area contributed by atoms with E-state index in [1.54, 1.807) is 12.1 Å². The largest absolute Gasteiger partial charge is 0.508 e. The SMILES string of the molecule is CC.Cc1cc2cccc(-c3ccc(O)cc3)c2[nH]1. The Labute approximate surface area is 113 Å². The Balaban J connectivity index is 0.000000637. The maximum absolute atomic E-state index is 9.31. The zero-order valence-corrected chi connectivity index (χ0v) is 11.6. The number of rotatable bonds is 1. The van der Waals surface area contributed by atoms with Gasteiger partial charge in [-0.3, -0.25) is 0 Å². The second-order valence-corrected chi connectivity index (χ2v) is 4.27. The summed E-state index contributed by atoms with van der Waals surface area (Å²) in [6.07, 6.45) is 0. The number of phenolic OH excluding ortho intramolecular Hbond substituents is 1. The van der Waals surface area contributed by atoms with Crippen LogP contribution in [-0.2, 0) is 0 Å². The summed E-state index contributed by atoms with van der Waals surface area (Å²) in [5.74, 6) is 0.295. The second kappa shape index (κ2) is 5.61. The van der Waals surface area contributed by atoms with E-state index in [1.807, 2.05) is 26.0 Å². The minimum atomic E-state index is 0.295. The maximum atomic E-state index is 9.31. The summed E-state index contributed by atoms with van der Waals surface area (Å²) in [7, 11) is 0. The van der Waals surface area contributed by atoms with Crippen molar-refractivity contribution < 1.29 is 5.11 Å². The molecule has 3 aromatic rings. The number of para-hydroxylation sites is 1. The monoisotopic (exact) mass is 253 g/mol. The fraction of sp³-hybridized carbons (Fsp3) is 0.176. The molecule has 0 atom stereocenters. The average molecular weight is 253 g/mol. The molecule has 1 heterocycles. The summed E-state index contributed by atoms with van der Waals surface area (Å²) in [6.45, 7) is 6.06. The van der Waals surface area contributed by atoms with Crippen LogP contribution in [0.25, 0.3) is 22.0 Å². The predicted molar refractivity (Wildman–Crippen MR) is 81.5 cm³/mol. The summed E-state index contributed by atoms with van der Waals surface area (Å²) in [6, 6.07) is 15.7. The molecule has 2 N–H and O–H groups in total. The summed E-state index contributed by atoms with van der Waals surface area (Å²) in [5, 5.41) is 10.5. The normalized spacial score (nSPS) is 10.1. The van der Waals surface area contributed by atoms with E-state index in [-0.39, 0.29) is 0 Å². The number of aryl methyl sites for hydroxylation is 1. The lowest BCUT2D eigenvalue weighted by Gasteiger charge is -2.03. The lowest BCUT2D eigenvalue weighted by Crippen LogP contribution is -1.80. The molecule has 2 heteroatoms. The lowest BCUT2D eigenvalue weighted by atomic mass is 10.0. The van der Waals surface area contributed by atoms with Crippen molar-refractivity contribution in [3.63, 3.8) is 0 Å². The van der Waals surface area contributed by atoms with Crippen molar-refractivity contribution in [3.8, 4) is 16.9 Å². The van der Waals surface area contributed by atoms with E-state index in [1.165, 1.54) is 5.39 Å². The maximum Gasteiger partial charge on any atom is 0.115 e. The number of hydrogen-bond donors (Lipinski definition) is 2. The highest BCUT2D eigenvalue weighted by atomic mass is 16.3. The van der Waals surface area contributed by atoms with Gasteiger partial charge in [-0.15, -0.1) is 0 Å². The Morgan fingerprint density at radius 2 is 1.63 bits per heavy atom. The van der Waals surface area contributed by atoms with Crippen molar-refractivity contribution in [2.75, 3.05) is 0 Å². The van der Waals surface area contributed by atoms with E-state index in [0.29, 0.717) is 5.75 Å². The smallest absolute Gasteiger partial charge is 0.115 e. The summed E-state index contributed by atoms with van der Waals surface area (Å²) in [5.41, 5.74) is 4.58. The Bertz CT molecular complexity index is 665. The van der Waals surface area contributed by atoms with E-state index in [9.17, 15) is 5.11 Å². The number of hydrogen-bond acceptors (Lipinski definition) is 1. The van der Waals surface area contributed by atoms with E-state index >= 15 is 0 Å². The van der Waals surface area contributed by atoms with E-state index in [0.717, 1.165) is 22.3 Å². The molecule has 0 saturated heterocycles. The first-order chi connectivity index (χ1) is 9.24. The summed E-state index contributed by atoms with van der Waals surface area (Å²) < 4.78 is 0. The van der Waals surface area contributed by atoms with E-state index < -0.39 is 0 Å². The highest BCUT2D eigenvalue weighted by Gasteiger charge is 2.05. The lowest BCUT2D eigenvalue weighted by molar-refractivity contribution is 0.475. The molecule has 0 fully saturated rings. The first-order valence-corrected chi connectivity index (χ1v) is 6.62. The third-order valence-corrected chi connectivity index (χ3v) is 2.97. The first-order valence-electron chi connectivity index (χ1n) is 6.62. The number of benzene rings is 2. The van der Waals surface area contributed by atoms with Gasteiger partial charge in [0.15, 0.2) is 0 Å². The highest BCUT2D eigenvalue weighted by Crippen LogP contribution is 2.29. The van der Waals surface area contributed by atoms with Gasteiger partial charge in [0.2, 0.25) is 0 Å². The fourth-order valence-corrected chi connectivity index (χ4v) is 2.18. The van der Waals surface area contributed by atoms with Crippen LogP contribution < -0.4 is 0 Å². The predicted octanol–water partition coefficient (Wildman–Crippen LogP) is 4.88. The zero-order chi connectivity index (χ0) is 13.8. The van der Waals surface area contributed by atoms with Gasteiger partial charge in [-0.2, -0.15) is 0 Å². The van der Waals surface area contributed by atoms with Crippen molar-refractivity contribution in [2.45, 2.75) is 20.8 Å². The minimum absolute atomic E-state index is 0.295. The van der Waals surface area contributed by atoms with Crippen molar-refractivity contribution in [2.24, 2.45) is 0 Å². The molecule has 2 aromatic carbocycles. The molecule has 19 heavy (non-hydrogen) atoms. The van der Waals surface area contributed by atoms with Crippen molar-refractivity contribution in [3.05, 3.63) is 54.2 Å². The molecule has 0 aliphatic carbocycles. The Hall–Kier alpha value is -2.22. The molecule has 0 amide bonds. The number of fused-ring (bicyclic) bond motifs is 1. The quantitative estimate of drug-likeness (QED) is 0.637. The third-order valence-electron chi connectivity index (χ3n) is 2.97. The van der Waals surface area contributed by atoms with Gasteiger partial charge >= 0.3 is 0 Å². The molecule has 0 bridgehead atoms. The van der Waals surface area contributed by atoms with Gasteiger partial charge in [0.1, 0.15) is 5.75 Å². The minimum Gasteiger partial charge on any atom is -0.508 e. The number of nitrogens with one attached hydrogen (secondary N) is 1. The standard InChI is InChI=1S/C15H13NO.C2H6/c1-10-9-12-3-2-4-14(15(12)16-10)11-5-7-13(17)8-6-11;1-2/h2-9,16-17H,1H3;1-2H3. The van der Waals surface area contributed by atoms with Gasteiger partial charge in [0.05, 0.1) is 5.52 Å². The topological polar surface area (TPSA) is 36.0 Å². The van der Waals surface area contributed by atoms with Crippen LogP contribution in [0, 0.1) is 6.92 Å². The Morgan fingerprint density at radius 1 is 0.947 bits per heavy atom. The van der Waals surface area contributed by atoms with E-state index in [2.05, 4.69) is 36.2 Å². The van der Waals surface area contributed by atoms with Crippen molar-refractivity contribution in [1.82, 2.24) is 4.98 Å². The van der Waals surface area contributed by atoms with Gasteiger partial charge < -0.3 is 10.1 Å². The molecule has 0 saturated carbocycles. The van der Waals surface area contributed by atoms with Gasteiger partial charge in [-0.1, -0.05) is 44.2 Å². The highest BCUT2D eigenvalue weighted by molar-refractivity contribution is 5.94. The molecule has 0 aliphatic rings. The average Bonchev–Trinajstić information content (AvgIpc) is 2.82. The van der Waals surface area contributed by atoms with Crippen LogP contribution >= 0.6 is 0 Å². The molecular formula is C17H19NO. The number of aromatic amines is 1. The number of aromatic hydroxyl groups is 1. The summed E-state index contributed by atoms with van der Waals surface area (Å²) in [4.78, 5) is 3.38. The van der Waals surface area contributed by atoms with Gasteiger partial charge in [-0.05, 0) is 30.7 Å². The first kappa shape index (κ1) is 13.2. The van der Waals surface area contributed by atoms with Crippen LogP contribution in [0.2, 0.25) is 0 Å². The number of phenols is 1. The van der Waals surface area contributed by atoms with Crippen molar-refractivity contribution >= 4 is 10.9 Å². The molecule has 2 nitrogen and oxygen atoms in total. The number of H-pyrrole nitrogens is 1. The molecule has 0 unspecified atom stereocenters. The second-order valence-electron chi connectivity index (χ2n) is 4.27. The molecule has 98 valence electrons. The van der Waals surface area contributed by atoms with Crippen LogP contribution in [0.15, 0.2) is 48.5 Å². The summed E-state index contributed by atoms with van der Waals surface area (Å²) >= 11 is 0. The van der Waals surface area contributed by atoms with Gasteiger partial charge in [-0.25, -0.2) is 0 Å².